The summed E-state index contributed by atoms with van der Waals surface area (Å²) in [5.41, 5.74) is 2.29. The van der Waals surface area contributed by atoms with Gasteiger partial charge in [0.1, 0.15) is 5.75 Å². The highest BCUT2D eigenvalue weighted by Gasteiger charge is 2.35. The lowest BCUT2D eigenvalue weighted by molar-refractivity contribution is -0.139. The molecule has 1 aromatic rings. The van der Waals surface area contributed by atoms with E-state index in [9.17, 15) is 9.59 Å². The maximum Gasteiger partial charge on any atom is 0.309 e. The molecule has 6 heteroatoms. The predicted octanol–water partition coefficient (Wildman–Crippen LogP) is 2.87. The van der Waals surface area contributed by atoms with Crippen molar-refractivity contribution in [2.75, 3.05) is 33.4 Å². The van der Waals surface area contributed by atoms with Gasteiger partial charge in [-0.05, 0) is 62.6 Å². The van der Waals surface area contributed by atoms with E-state index in [-0.39, 0.29) is 5.41 Å². The predicted molar refractivity (Wildman–Crippen MR) is 112 cm³/mol. The average Bonchev–Trinajstić information content (AvgIpc) is 2.79. The molecule has 3 rings (SSSR count). The van der Waals surface area contributed by atoms with Crippen molar-refractivity contribution in [1.29, 1.82) is 0 Å². The molecule has 0 saturated carbocycles. The van der Waals surface area contributed by atoms with Gasteiger partial charge in [-0.15, -0.1) is 0 Å². The van der Waals surface area contributed by atoms with Gasteiger partial charge in [0.15, 0.2) is 0 Å². The Hall–Kier alpha value is -2.34. The number of benzene rings is 1. The molecule has 29 heavy (non-hydrogen) atoms. The van der Waals surface area contributed by atoms with Gasteiger partial charge in [0, 0.05) is 31.7 Å². The van der Waals surface area contributed by atoms with Crippen LogP contribution in [-0.4, -0.2) is 45.2 Å². The maximum absolute atomic E-state index is 12.4. The molecule has 2 N–H and O–H groups in total. The second kappa shape index (κ2) is 10.4. The summed E-state index contributed by atoms with van der Waals surface area (Å²) in [7, 11) is 1.64. The lowest BCUT2D eigenvalue weighted by atomic mass is 9.74. The maximum atomic E-state index is 12.4. The Kier molecular flexibility index (Phi) is 7.69. The van der Waals surface area contributed by atoms with Crippen molar-refractivity contribution in [2.24, 2.45) is 0 Å². The van der Waals surface area contributed by atoms with Crippen LogP contribution < -0.4 is 15.4 Å². The number of amides is 2. The Morgan fingerprint density at radius 3 is 2.45 bits per heavy atom. The van der Waals surface area contributed by atoms with E-state index in [2.05, 4.69) is 16.7 Å². The minimum atomic E-state index is -0.568. The molecule has 2 amide bonds. The summed E-state index contributed by atoms with van der Waals surface area (Å²) in [6.45, 7) is 2.21. The zero-order valence-electron chi connectivity index (χ0n) is 17.3. The number of hydrogen-bond donors (Lipinski definition) is 2. The first-order valence-corrected chi connectivity index (χ1v) is 10.6. The molecule has 0 unspecified atom stereocenters. The van der Waals surface area contributed by atoms with Crippen LogP contribution in [0.1, 0.15) is 50.5 Å². The molecule has 6 nitrogen and oxygen atoms in total. The molecule has 0 spiro atoms. The lowest BCUT2D eigenvalue weighted by Crippen LogP contribution is -2.48. The topological polar surface area (TPSA) is 76.7 Å². The van der Waals surface area contributed by atoms with Gasteiger partial charge in [0.25, 0.3) is 0 Å². The number of nitrogens with one attached hydrogen (secondary N) is 2. The SMILES string of the molecule is COc1ccc(C2(CNC(=O)C(=O)NCCC3=CCCCC3)CCOCC2)cc1. The van der Waals surface area contributed by atoms with Gasteiger partial charge < -0.3 is 20.1 Å². The minimum Gasteiger partial charge on any atom is -0.497 e. The van der Waals surface area contributed by atoms with E-state index in [0.717, 1.165) is 43.4 Å². The molecule has 1 heterocycles. The number of carbonyl (C=O) groups excluding carboxylic acids is 2. The number of rotatable bonds is 7. The van der Waals surface area contributed by atoms with E-state index in [0.29, 0.717) is 26.3 Å². The van der Waals surface area contributed by atoms with Gasteiger partial charge in [0.05, 0.1) is 7.11 Å². The molecular weight excluding hydrogens is 368 g/mol. The smallest absolute Gasteiger partial charge is 0.309 e. The van der Waals surface area contributed by atoms with Crippen molar-refractivity contribution < 1.29 is 19.1 Å². The number of methoxy groups -OCH3 is 1. The zero-order valence-corrected chi connectivity index (χ0v) is 17.3. The molecule has 158 valence electrons. The first-order chi connectivity index (χ1) is 14.1. The van der Waals surface area contributed by atoms with Gasteiger partial charge in [0.2, 0.25) is 0 Å². The largest absolute Gasteiger partial charge is 0.497 e. The van der Waals surface area contributed by atoms with Crippen molar-refractivity contribution >= 4 is 11.8 Å². The molecule has 2 aliphatic rings. The Morgan fingerprint density at radius 1 is 1.07 bits per heavy atom. The monoisotopic (exact) mass is 400 g/mol. The molecular formula is C23H32N2O4. The van der Waals surface area contributed by atoms with Gasteiger partial charge >= 0.3 is 11.8 Å². The van der Waals surface area contributed by atoms with Crippen LogP contribution in [0.3, 0.4) is 0 Å². The fourth-order valence-corrected chi connectivity index (χ4v) is 4.15. The highest BCUT2D eigenvalue weighted by Crippen LogP contribution is 2.35. The Balaban J connectivity index is 1.53. The minimum absolute atomic E-state index is 0.229. The van der Waals surface area contributed by atoms with Gasteiger partial charge in [-0.2, -0.15) is 0 Å². The highest BCUT2D eigenvalue weighted by atomic mass is 16.5. The second-order valence-corrected chi connectivity index (χ2v) is 7.92. The van der Waals surface area contributed by atoms with Crippen molar-refractivity contribution in [3.8, 4) is 5.75 Å². The summed E-state index contributed by atoms with van der Waals surface area (Å²) in [5.74, 6) is -0.326. The number of hydrogen-bond acceptors (Lipinski definition) is 4. The van der Waals surface area contributed by atoms with Crippen LogP contribution in [-0.2, 0) is 19.7 Å². The first kappa shape index (κ1) is 21.4. The van der Waals surface area contributed by atoms with E-state index in [1.165, 1.54) is 18.4 Å². The van der Waals surface area contributed by atoms with Crippen LogP contribution >= 0.6 is 0 Å². The van der Waals surface area contributed by atoms with Crippen LogP contribution in [0.15, 0.2) is 35.9 Å². The first-order valence-electron chi connectivity index (χ1n) is 10.6. The van der Waals surface area contributed by atoms with Crippen molar-refractivity contribution in [2.45, 2.75) is 50.4 Å². The van der Waals surface area contributed by atoms with Crippen LogP contribution in [0.5, 0.6) is 5.75 Å². The van der Waals surface area contributed by atoms with Crippen LogP contribution in [0, 0.1) is 0 Å². The highest BCUT2D eigenvalue weighted by molar-refractivity contribution is 6.35. The van der Waals surface area contributed by atoms with Crippen molar-refractivity contribution in [1.82, 2.24) is 10.6 Å². The van der Waals surface area contributed by atoms with E-state index in [1.807, 2.05) is 24.3 Å². The van der Waals surface area contributed by atoms with Crippen molar-refractivity contribution in [3.63, 3.8) is 0 Å². The molecule has 1 aromatic carbocycles. The third kappa shape index (κ3) is 5.82. The van der Waals surface area contributed by atoms with Crippen molar-refractivity contribution in [3.05, 3.63) is 41.5 Å². The third-order valence-corrected chi connectivity index (χ3v) is 6.06. The quantitative estimate of drug-likeness (QED) is 0.545. The van der Waals surface area contributed by atoms with Crippen LogP contribution in [0.2, 0.25) is 0 Å². The summed E-state index contributed by atoms with van der Waals surface area (Å²) >= 11 is 0. The fraction of sp³-hybridized carbons (Fsp3) is 0.565. The number of ether oxygens (including phenoxy) is 2. The van der Waals surface area contributed by atoms with E-state index in [1.54, 1.807) is 7.11 Å². The molecule has 0 atom stereocenters. The van der Waals surface area contributed by atoms with E-state index >= 15 is 0 Å². The third-order valence-electron chi connectivity index (χ3n) is 6.06. The fourth-order valence-electron chi connectivity index (χ4n) is 4.15. The summed E-state index contributed by atoms with van der Waals surface area (Å²) in [6, 6.07) is 7.94. The number of carbonyl (C=O) groups is 2. The normalized spacial score (nSPS) is 18.4. The molecule has 1 aliphatic heterocycles. The molecule has 0 aromatic heterocycles. The Bertz CT molecular complexity index is 721. The van der Waals surface area contributed by atoms with E-state index < -0.39 is 11.8 Å². The Morgan fingerprint density at radius 2 is 1.79 bits per heavy atom. The van der Waals surface area contributed by atoms with E-state index in [4.69, 9.17) is 9.47 Å². The Labute approximate surface area is 173 Å². The molecule has 0 radical (unpaired) electrons. The zero-order chi connectivity index (χ0) is 20.5. The molecule has 0 bridgehead atoms. The second-order valence-electron chi connectivity index (χ2n) is 7.92. The van der Waals surface area contributed by atoms with Gasteiger partial charge in [-0.25, -0.2) is 0 Å². The summed E-state index contributed by atoms with van der Waals surface area (Å²) in [5, 5.41) is 5.61. The summed E-state index contributed by atoms with van der Waals surface area (Å²) in [6.07, 6.45) is 9.39. The van der Waals surface area contributed by atoms with Crippen LogP contribution in [0.25, 0.3) is 0 Å². The van der Waals surface area contributed by atoms with Gasteiger partial charge in [-0.1, -0.05) is 23.8 Å². The lowest BCUT2D eigenvalue weighted by Gasteiger charge is -2.38. The molecule has 1 saturated heterocycles. The summed E-state index contributed by atoms with van der Waals surface area (Å²) in [4.78, 5) is 24.6. The standard InChI is InChI=1S/C23H32N2O4/c1-28-20-9-7-19(8-10-20)23(12-15-29-16-13-23)17-25-22(27)21(26)24-14-11-18-5-3-2-4-6-18/h5,7-10H,2-4,6,11-17H2,1H3,(H,24,26)(H,25,27). The van der Waals surface area contributed by atoms with Gasteiger partial charge in [-0.3, -0.25) is 9.59 Å². The number of allylic oxidation sites excluding steroid dienone is 1. The molecule has 1 fully saturated rings. The molecule has 1 aliphatic carbocycles. The average molecular weight is 401 g/mol. The summed E-state index contributed by atoms with van der Waals surface area (Å²) < 4.78 is 10.8. The van der Waals surface area contributed by atoms with Crippen LogP contribution in [0.4, 0.5) is 0 Å².